The third kappa shape index (κ3) is 7.65. The monoisotopic (exact) mass is 352 g/mol. The van der Waals surface area contributed by atoms with Crippen molar-refractivity contribution in [3.63, 3.8) is 0 Å². The molecular weight excluding hydrogens is 320 g/mol. The molecule has 1 rings (SSSR count). The first-order chi connectivity index (χ1) is 11.8. The van der Waals surface area contributed by atoms with Crippen molar-refractivity contribution in [2.45, 2.75) is 58.7 Å². The van der Waals surface area contributed by atoms with E-state index in [4.69, 9.17) is 14.2 Å². The third-order valence-electron chi connectivity index (χ3n) is 3.55. The SMILES string of the molecule is CCC[C@H](CNCc1cccc(OC)c1OC)NC(=O)OC(C)(C)C. The Balaban J connectivity index is 2.60. The first-order valence-corrected chi connectivity index (χ1v) is 8.70. The lowest BCUT2D eigenvalue weighted by atomic mass is 10.1. The van der Waals surface area contributed by atoms with Crippen LogP contribution in [-0.2, 0) is 11.3 Å². The maximum absolute atomic E-state index is 12.0. The van der Waals surface area contributed by atoms with Crippen LogP contribution in [0.5, 0.6) is 11.5 Å². The fourth-order valence-corrected chi connectivity index (χ4v) is 2.52. The number of nitrogens with one attached hydrogen (secondary N) is 2. The molecule has 1 aromatic carbocycles. The van der Waals surface area contributed by atoms with Crippen molar-refractivity contribution in [2.24, 2.45) is 0 Å². The topological polar surface area (TPSA) is 68.8 Å². The summed E-state index contributed by atoms with van der Waals surface area (Å²) < 4.78 is 16.1. The van der Waals surface area contributed by atoms with Crippen LogP contribution in [0.2, 0.25) is 0 Å². The highest BCUT2D eigenvalue weighted by molar-refractivity contribution is 5.68. The van der Waals surface area contributed by atoms with Crippen LogP contribution in [0.1, 0.15) is 46.1 Å². The normalized spacial score (nSPS) is 12.4. The minimum Gasteiger partial charge on any atom is -0.493 e. The van der Waals surface area contributed by atoms with E-state index in [1.54, 1.807) is 14.2 Å². The maximum atomic E-state index is 12.0. The molecule has 0 spiro atoms. The molecule has 6 nitrogen and oxygen atoms in total. The van der Waals surface area contributed by atoms with Crippen molar-refractivity contribution >= 4 is 6.09 Å². The Kier molecular flexibility index (Phi) is 8.55. The molecule has 1 aromatic rings. The zero-order valence-corrected chi connectivity index (χ0v) is 16.3. The van der Waals surface area contributed by atoms with Gasteiger partial charge in [0.05, 0.1) is 14.2 Å². The fraction of sp³-hybridized carbons (Fsp3) is 0.632. The Morgan fingerprint density at radius 2 is 1.92 bits per heavy atom. The van der Waals surface area contributed by atoms with E-state index in [2.05, 4.69) is 17.6 Å². The number of rotatable bonds is 9. The second-order valence-corrected chi connectivity index (χ2v) is 6.92. The van der Waals surface area contributed by atoms with Crippen LogP contribution in [0.15, 0.2) is 18.2 Å². The first-order valence-electron chi connectivity index (χ1n) is 8.70. The highest BCUT2D eigenvalue weighted by atomic mass is 16.6. The highest BCUT2D eigenvalue weighted by Crippen LogP contribution is 2.30. The Morgan fingerprint density at radius 3 is 2.48 bits per heavy atom. The number of carbonyl (C=O) groups excluding carboxylic acids is 1. The molecule has 0 bridgehead atoms. The summed E-state index contributed by atoms with van der Waals surface area (Å²) in [6.45, 7) is 8.93. The molecule has 25 heavy (non-hydrogen) atoms. The lowest BCUT2D eigenvalue weighted by Crippen LogP contribution is -2.44. The lowest BCUT2D eigenvalue weighted by molar-refractivity contribution is 0.0501. The molecule has 0 aliphatic carbocycles. The molecule has 6 heteroatoms. The number of carbonyl (C=O) groups is 1. The van der Waals surface area contributed by atoms with Gasteiger partial charge >= 0.3 is 6.09 Å². The van der Waals surface area contributed by atoms with E-state index in [9.17, 15) is 4.79 Å². The average Bonchev–Trinajstić information content (AvgIpc) is 2.52. The van der Waals surface area contributed by atoms with Crippen molar-refractivity contribution in [3.8, 4) is 11.5 Å². The van der Waals surface area contributed by atoms with Gasteiger partial charge < -0.3 is 24.8 Å². The molecule has 1 atom stereocenters. The largest absolute Gasteiger partial charge is 0.493 e. The molecule has 0 saturated carbocycles. The molecule has 0 unspecified atom stereocenters. The number of benzene rings is 1. The van der Waals surface area contributed by atoms with Crippen LogP contribution in [0.25, 0.3) is 0 Å². The van der Waals surface area contributed by atoms with Crippen molar-refractivity contribution in [1.29, 1.82) is 0 Å². The number of hydrogen-bond acceptors (Lipinski definition) is 5. The molecule has 142 valence electrons. The van der Waals surface area contributed by atoms with E-state index in [1.165, 1.54) is 0 Å². The van der Waals surface area contributed by atoms with E-state index in [0.717, 1.165) is 24.2 Å². The van der Waals surface area contributed by atoms with E-state index >= 15 is 0 Å². The van der Waals surface area contributed by atoms with Crippen molar-refractivity contribution in [1.82, 2.24) is 10.6 Å². The zero-order chi connectivity index (χ0) is 18.9. The lowest BCUT2D eigenvalue weighted by Gasteiger charge is -2.24. The van der Waals surface area contributed by atoms with Crippen molar-refractivity contribution in [2.75, 3.05) is 20.8 Å². The van der Waals surface area contributed by atoms with Gasteiger partial charge in [0, 0.05) is 24.7 Å². The van der Waals surface area contributed by atoms with Gasteiger partial charge in [-0.25, -0.2) is 4.79 Å². The number of ether oxygens (including phenoxy) is 3. The maximum Gasteiger partial charge on any atom is 0.407 e. The Hall–Kier alpha value is -1.95. The van der Waals surface area contributed by atoms with Gasteiger partial charge in [-0.1, -0.05) is 25.5 Å². The first kappa shape index (κ1) is 21.1. The minimum atomic E-state index is -0.498. The van der Waals surface area contributed by atoms with Crippen molar-refractivity contribution < 1.29 is 19.0 Å². The van der Waals surface area contributed by atoms with E-state index < -0.39 is 5.60 Å². The molecule has 2 N–H and O–H groups in total. The van der Waals surface area contributed by atoms with Gasteiger partial charge in [-0.15, -0.1) is 0 Å². The number of hydrogen-bond donors (Lipinski definition) is 2. The smallest absolute Gasteiger partial charge is 0.407 e. The molecule has 0 fully saturated rings. The van der Waals surface area contributed by atoms with Crippen LogP contribution in [0, 0.1) is 0 Å². The van der Waals surface area contributed by atoms with Gasteiger partial charge in [0.25, 0.3) is 0 Å². The molecule has 0 heterocycles. The Labute approximate surface area is 151 Å². The Morgan fingerprint density at radius 1 is 1.20 bits per heavy atom. The average molecular weight is 352 g/mol. The molecule has 0 aliphatic rings. The highest BCUT2D eigenvalue weighted by Gasteiger charge is 2.19. The number of alkyl carbamates (subject to hydrolysis) is 1. The van der Waals surface area contributed by atoms with Gasteiger partial charge in [-0.3, -0.25) is 0 Å². The second-order valence-electron chi connectivity index (χ2n) is 6.92. The van der Waals surface area contributed by atoms with Gasteiger partial charge in [0.1, 0.15) is 5.60 Å². The quantitative estimate of drug-likeness (QED) is 0.712. The van der Waals surface area contributed by atoms with Crippen LogP contribution < -0.4 is 20.1 Å². The summed E-state index contributed by atoms with van der Waals surface area (Å²) in [5.41, 5.74) is 0.511. The second kappa shape index (κ2) is 10.1. The standard InChI is InChI=1S/C19H32N2O4/c1-7-9-15(21-18(22)25-19(2,3)4)13-20-12-14-10-8-11-16(23-5)17(14)24-6/h8,10-11,15,20H,7,9,12-13H2,1-6H3,(H,21,22)/t15-/m1/s1. The molecule has 0 aliphatic heterocycles. The summed E-state index contributed by atoms with van der Waals surface area (Å²) >= 11 is 0. The van der Waals surface area contributed by atoms with Gasteiger partial charge in [-0.05, 0) is 33.3 Å². The summed E-state index contributed by atoms with van der Waals surface area (Å²) in [4.78, 5) is 12.0. The van der Waals surface area contributed by atoms with Gasteiger partial charge in [0.2, 0.25) is 0 Å². The minimum absolute atomic E-state index is 0.0106. The van der Waals surface area contributed by atoms with Gasteiger partial charge in [0.15, 0.2) is 11.5 Å². The summed E-state index contributed by atoms with van der Waals surface area (Å²) in [5.74, 6) is 1.43. The van der Waals surface area contributed by atoms with E-state index in [0.29, 0.717) is 18.8 Å². The molecule has 0 saturated heterocycles. The molecule has 0 aromatic heterocycles. The summed E-state index contributed by atoms with van der Waals surface area (Å²) in [6.07, 6.45) is 1.47. The number of para-hydroxylation sites is 1. The summed E-state index contributed by atoms with van der Waals surface area (Å²) in [5, 5.41) is 6.31. The molecule has 1 amide bonds. The van der Waals surface area contributed by atoms with Crippen LogP contribution in [0.3, 0.4) is 0 Å². The van der Waals surface area contributed by atoms with Crippen LogP contribution >= 0.6 is 0 Å². The summed E-state index contributed by atoms with van der Waals surface area (Å²) in [6, 6.07) is 5.80. The van der Waals surface area contributed by atoms with Gasteiger partial charge in [-0.2, -0.15) is 0 Å². The van der Waals surface area contributed by atoms with Crippen LogP contribution in [0.4, 0.5) is 4.79 Å². The molecule has 0 radical (unpaired) electrons. The van der Waals surface area contributed by atoms with E-state index in [1.807, 2.05) is 39.0 Å². The number of amides is 1. The molecular formula is C19H32N2O4. The third-order valence-corrected chi connectivity index (χ3v) is 3.55. The Bertz CT molecular complexity index is 541. The zero-order valence-electron chi connectivity index (χ0n) is 16.3. The predicted octanol–water partition coefficient (Wildman–Crippen LogP) is 3.49. The summed E-state index contributed by atoms with van der Waals surface area (Å²) in [7, 11) is 3.25. The van der Waals surface area contributed by atoms with Crippen LogP contribution in [-0.4, -0.2) is 38.5 Å². The van der Waals surface area contributed by atoms with Crippen molar-refractivity contribution in [3.05, 3.63) is 23.8 Å². The fourth-order valence-electron chi connectivity index (χ4n) is 2.52. The van der Waals surface area contributed by atoms with E-state index in [-0.39, 0.29) is 12.1 Å². The predicted molar refractivity (Wildman–Crippen MR) is 99.3 cm³/mol. The number of methoxy groups -OCH3 is 2.